The third-order valence-electron chi connectivity index (χ3n) is 5.23. The van der Waals surface area contributed by atoms with Gasteiger partial charge < -0.3 is 19.5 Å². The lowest BCUT2D eigenvalue weighted by Crippen LogP contribution is -2.51. The van der Waals surface area contributed by atoms with Crippen molar-refractivity contribution in [3.05, 3.63) is 76.8 Å². The van der Waals surface area contributed by atoms with Gasteiger partial charge in [0.15, 0.2) is 6.10 Å². The van der Waals surface area contributed by atoms with Crippen LogP contribution in [0, 0.1) is 0 Å². The van der Waals surface area contributed by atoms with Crippen molar-refractivity contribution in [1.29, 1.82) is 0 Å². The fourth-order valence-corrected chi connectivity index (χ4v) is 5.30. The predicted molar refractivity (Wildman–Crippen MR) is 133 cm³/mol. The maximum absolute atomic E-state index is 13.5. The smallest absolute Gasteiger partial charge is 0.264 e. The summed E-state index contributed by atoms with van der Waals surface area (Å²) in [6.45, 7) is 0.101. The summed E-state index contributed by atoms with van der Waals surface area (Å²) in [5, 5.41) is 3.51. The summed E-state index contributed by atoms with van der Waals surface area (Å²) in [5.74, 6) is 0.763. The number of anilines is 1. The summed E-state index contributed by atoms with van der Waals surface area (Å²) in [7, 11) is -2.54. The zero-order valence-electron chi connectivity index (χ0n) is 18.6. The molecule has 4 rings (SSSR count). The quantitative estimate of drug-likeness (QED) is 0.434. The van der Waals surface area contributed by atoms with Crippen LogP contribution in [-0.4, -0.2) is 47.2 Å². The first-order valence-corrected chi connectivity index (χ1v) is 12.8. The Balaban J connectivity index is 1.50. The van der Waals surface area contributed by atoms with Gasteiger partial charge in [-0.25, -0.2) is 8.42 Å². The maximum atomic E-state index is 13.5. The van der Waals surface area contributed by atoms with Gasteiger partial charge in [0.25, 0.3) is 15.9 Å². The Labute approximate surface area is 213 Å². The van der Waals surface area contributed by atoms with Crippen molar-refractivity contribution in [3.63, 3.8) is 0 Å². The molecule has 184 valence electrons. The summed E-state index contributed by atoms with van der Waals surface area (Å²) >= 11 is 12.2. The number of nitrogens with one attached hydrogen (secondary N) is 1. The molecule has 11 heteroatoms. The van der Waals surface area contributed by atoms with E-state index in [-0.39, 0.29) is 36.0 Å². The number of hydrogen-bond acceptors (Lipinski definition) is 6. The van der Waals surface area contributed by atoms with Crippen molar-refractivity contribution >= 4 is 44.8 Å². The van der Waals surface area contributed by atoms with Crippen LogP contribution in [0.5, 0.6) is 17.2 Å². The van der Waals surface area contributed by atoms with Gasteiger partial charge in [-0.05, 0) is 54.6 Å². The minimum atomic E-state index is -4.03. The number of hydrogen-bond donors (Lipinski definition) is 1. The molecule has 3 aromatic carbocycles. The Kier molecular flexibility index (Phi) is 7.59. The number of ether oxygens (including phenoxy) is 3. The van der Waals surface area contributed by atoms with Gasteiger partial charge in [-0.3, -0.25) is 9.10 Å². The van der Waals surface area contributed by atoms with Gasteiger partial charge in [0, 0.05) is 5.02 Å². The second-order valence-corrected chi connectivity index (χ2v) is 10.2. The predicted octanol–water partition coefficient (Wildman–Crippen LogP) is 4.15. The monoisotopic (exact) mass is 536 g/mol. The van der Waals surface area contributed by atoms with Crippen LogP contribution in [0.3, 0.4) is 0 Å². The van der Waals surface area contributed by atoms with Gasteiger partial charge in [-0.1, -0.05) is 35.3 Å². The molecule has 35 heavy (non-hydrogen) atoms. The van der Waals surface area contributed by atoms with E-state index >= 15 is 0 Å². The molecule has 1 atom stereocenters. The van der Waals surface area contributed by atoms with E-state index in [0.29, 0.717) is 21.5 Å². The number of carbonyl (C=O) groups is 1. The second kappa shape index (κ2) is 10.6. The number of rotatable bonds is 8. The molecule has 1 aliphatic heterocycles. The Morgan fingerprint density at radius 1 is 1.11 bits per heavy atom. The molecule has 0 aromatic heterocycles. The highest BCUT2D eigenvalue weighted by Gasteiger charge is 2.37. The average Bonchev–Trinajstić information content (AvgIpc) is 2.86. The van der Waals surface area contributed by atoms with Crippen LogP contribution in [-0.2, 0) is 14.8 Å². The number of carbonyl (C=O) groups excluding carboxylic acids is 1. The fraction of sp³-hybridized carbons (Fsp3) is 0.208. The lowest BCUT2D eigenvalue weighted by molar-refractivity contribution is -0.127. The van der Waals surface area contributed by atoms with Crippen LogP contribution < -0.4 is 23.8 Å². The Bertz CT molecular complexity index is 1320. The number of fused-ring (bicyclic) bond motifs is 1. The van der Waals surface area contributed by atoms with Crippen LogP contribution in [0.1, 0.15) is 0 Å². The number of methoxy groups -OCH3 is 1. The normalized spacial score (nSPS) is 15.1. The number of halogens is 2. The molecule has 1 N–H and O–H groups in total. The van der Waals surface area contributed by atoms with E-state index in [4.69, 9.17) is 37.4 Å². The van der Waals surface area contributed by atoms with Crippen LogP contribution in [0.25, 0.3) is 0 Å². The largest absolute Gasteiger partial charge is 0.497 e. The van der Waals surface area contributed by atoms with Crippen molar-refractivity contribution < 1.29 is 27.4 Å². The lowest BCUT2D eigenvalue weighted by Gasteiger charge is -2.34. The molecule has 0 spiro atoms. The molecule has 0 aliphatic carbocycles. The van der Waals surface area contributed by atoms with Crippen LogP contribution in [0.15, 0.2) is 71.6 Å². The SMILES string of the molecule is COc1ccc(S(=O)(=O)N2CC(C(=O)NCCOc3ccccc3Cl)Oc3ccc(Cl)cc32)cc1. The summed E-state index contributed by atoms with van der Waals surface area (Å²) in [5.41, 5.74) is 0.249. The number of amides is 1. The number of sulfonamides is 1. The van der Waals surface area contributed by atoms with E-state index in [1.165, 1.54) is 31.4 Å². The van der Waals surface area contributed by atoms with Crippen LogP contribution in [0.2, 0.25) is 10.0 Å². The fourth-order valence-electron chi connectivity index (χ4n) is 3.47. The van der Waals surface area contributed by atoms with Gasteiger partial charge in [-0.15, -0.1) is 0 Å². The minimum absolute atomic E-state index is 0.0402. The number of benzene rings is 3. The van der Waals surface area contributed by atoms with Crippen molar-refractivity contribution in [2.24, 2.45) is 0 Å². The molecule has 0 radical (unpaired) electrons. The zero-order valence-corrected chi connectivity index (χ0v) is 20.9. The van der Waals surface area contributed by atoms with Crippen LogP contribution >= 0.6 is 23.2 Å². The molecule has 1 unspecified atom stereocenters. The molecular formula is C24H22Cl2N2O6S. The first kappa shape index (κ1) is 25.0. The van der Waals surface area contributed by atoms with E-state index in [1.807, 2.05) is 0 Å². The summed E-state index contributed by atoms with van der Waals surface area (Å²) in [6.07, 6.45) is -1.09. The molecule has 1 aliphatic rings. The molecule has 1 amide bonds. The van der Waals surface area contributed by atoms with Crippen molar-refractivity contribution in [2.75, 3.05) is 31.1 Å². The molecule has 1 heterocycles. The first-order chi connectivity index (χ1) is 16.8. The summed E-state index contributed by atoms with van der Waals surface area (Å²) in [4.78, 5) is 12.9. The van der Waals surface area contributed by atoms with E-state index in [1.54, 1.807) is 42.5 Å². The third kappa shape index (κ3) is 5.58. The number of nitrogens with zero attached hydrogens (tertiary/aromatic N) is 1. The highest BCUT2D eigenvalue weighted by Crippen LogP contribution is 2.39. The first-order valence-electron chi connectivity index (χ1n) is 10.6. The average molecular weight is 537 g/mol. The van der Waals surface area contributed by atoms with Crippen molar-refractivity contribution in [1.82, 2.24) is 5.32 Å². The van der Waals surface area contributed by atoms with E-state index in [0.717, 1.165) is 4.31 Å². The molecule has 8 nitrogen and oxygen atoms in total. The maximum Gasteiger partial charge on any atom is 0.264 e. The van der Waals surface area contributed by atoms with E-state index in [9.17, 15) is 13.2 Å². The van der Waals surface area contributed by atoms with E-state index in [2.05, 4.69) is 5.32 Å². The standard InChI is InChI=1S/C24H22Cl2N2O6S/c1-32-17-7-9-18(10-8-17)35(30,31)28-15-23(34-22-11-6-16(25)14-20(22)28)24(29)27-12-13-33-21-5-3-2-4-19(21)26/h2-11,14,23H,12-13,15H2,1H3,(H,27,29). The van der Waals surface area contributed by atoms with Crippen molar-refractivity contribution in [2.45, 2.75) is 11.0 Å². The molecule has 0 fully saturated rings. The third-order valence-corrected chi connectivity index (χ3v) is 7.57. The molecule has 0 saturated heterocycles. The summed E-state index contributed by atoms with van der Waals surface area (Å²) < 4.78 is 44.6. The van der Waals surface area contributed by atoms with Crippen molar-refractivity contribution in [3.8, 4) is 17.2 Å². The van der Waals surface area contributed by atoms with Crippen LogP contribution in [0.4, 0.5) is 5.69 Å². The second-order valence-electron chi connectivity index (χ2n) is 7.50. The molecule has 0 saturated carbocycles. The Hall–Kier alpha value is -3.14. The highest BCUT2D eigenvalue weighted by atomic mass is 35.5. The zero-order chi connectivity index (χ0) is 25.0. The van der Waals surface area contributed by atoms with Gasteiger partial charge in [0.1, 0.15) is 23.9 Å². The number of para-hydroxylation sites is 1. The molecular weight excluding hydrogens is 515 g/mol. The Morgan fingerprint density at radius 3 is 2.57 bits per heavy atom. The van der Waals surface area contributed by atoms with E-state index < -0.39 is 22.0 Å². The highest BCUT2D eigenvalue weighted by molar-refractivity contribution is 7.92. The topological polar surface area (TPSA) is 94.2 Å². The van der Waals surface area contributed by atoms with Gasteiger partial charge >= 0.3 is 0 Å². The minimum Gasteiger partial charge on any atom is -0.497 e. The molecule has 0 bridgehead atoms. The van der Waals surface area contributed by atoms with Gasteiger partial charge in [0.05, 0.1) is 35.8 Å². The Morgan fingerprint density at radius 2 is 1.86 bits per heavy atom. The molecule has 3 aromatic rings. The van der Waals surface area contributed by atoms with Gasteiger partial charge in [0.2, 0.25) is 0 Å². The lowest BCUT2D eigenvalue weighted by atomic mass is 10.2. The van der Waals surface area contributed by atoms with Gasteiger partial charge in [-0.2, -0.15) is 0 Å². The summed E-state index contributed by atoms with van der Waals surface area (Å²) in [6, 6.07) is 17.6.